The normalized spacial score (nSPS) is 26.5. The average Bonchev–Trinajstić information content (AvgIpc) is 3.64. The minimum absolute atomic E-state index is 0.0386. The maximum Gasteiger partial charge on any atom is 0.329 e. The van der Waals surface area contributed by atoms with Gasteiger partial charge in [0, 0.05) is 25.4 Å². The third kappa shape index (κ3) is 11.0. The molecule has 2 bridgehead atoms. The monoisotopic (exact) mass is 689 g/mol. The number of carboxylic acid groups (broad SMARTS) is 1. The topological polar surface area (TPSA) is 148 Å². The second kappa shape index (κ2) is 16.7. The number of carbonyl (C=O) groups excluding carboxylic acids is 3. The number of carboxylic acids is 1. The van der Waals surface area contributed by atoms with Crippen molar-refractivity contribution < 1.29 is 42.3 Å². The van der Waals surface area contributed by atoms with Crippen molar-refractivity contribution in [3.63, 3.8) is 0 Å². The van der Waals surface area contributed by atoms with Gasteiger partial charge in [-0.1, -0.05) is 64.5 Å². The summed E-state index contributed by atoms with van der Waals surface area (Å²) in [5, 5.41) is 12.2. The van der Waals surface area contributed by atoms with E-state index in [9.17, 15) is 24.3 Å². The molecule has 2 aliphatic rings. The molecule has 2 N–H and O–H groups in total. The maximum absolute atomic E-state index is 15.6. The van der Waals surface area contributed by atoms with Crippen molar-refractivity contribution in [3.8, 4) is 0 Å². The number of nitrogens with zero attached hydrogens (tertiary/aromatic N) is 2. The van der Waals surface area contributed by atoms with Crippen molar-refractivity contribution in [3.05, 3.63) is 53.8 Å². The number of cyclic esters (lactones) is 1. The number of halogens is 1. The summed E-state index contributed by atoms with van der Waals surface area (Å²) in [6.07, 6.45) is 6.93. The third-order valence-electron chi connectivity index (χ3n) is 9.15. The smallest absolute Gasteiger partial charge is 0.329 e. The van der Waals surface area contributed by atoms with Gasteiger partial charge in [0.05, 0.1) is 18.9 Å². The molecular weight excluding hydrogens is 637 g/mol. The minimum Gasteiger partial charge on any atom is -0.481 e. The predicted molar refractivity (Wildman–Crippen MR) is 181 cm³/mol. The molecule has 0 aliphatic carbocycles. The van der Waals surface area contributed by atoms with E-state index in [1.165, 1.54) is 23.3 Å². The van der Waals surface area contributed by atoms with Crippen molar-refractivity contribution in [1.29, 1.82) is 0 Å². The molecule has 13 heteroatoms. The van der Waals surface area contributed by atoms with E-state index < -0.39 is 62.4 Å². The Bertz CT molecular complexity index is 1400. The summed E-state index contributed by atoms with van der Waals surface area (Å²) in [6, 6.07) is -0.915. The number of rotatable bonds is 5. The van der Waals surface area contributed by atoms with Crippen molar-refractivity contribution in [2.24, 2.45) is 11.8 Å². The Kier molecular flexibility index (Phi) is 13.5. The summed E-state index contributed by atoms with van der Waals surface area (Å²) in [5.41, 5.74) is 0.782. The van der Waals surface area contributed by atoms with E-state index in [0.29, 0.717) is 12.8 Å². The van der Waals surface area contributed by atoms with Gasteiger partial charge in [-0.3, -0.25) is 14.4 Å². The van der Waals surface area contributed by atoms with E-state index in [1.54, 1.807) is 19.9 Å². The summed E-state index contributed by atoms with van der Waals surface area (Å²) in [4.78, 5) is 57.1. The Morgan fingerprint density at radius 3 is 2.58 bits per heavy atom. The van der Waals surface area contributed by atoms with E-state index in [4.69, 9.17) is 13.6 Å². The second-order valence-electron chi connectivity index (χ2n) is 14.6. The van der Waals surface area contributed by atoms with Crippen LogP contribution in [0.15, 0.2) is 46.6 Å². The summed E-state index contributed by atoms with van der Waals surface area (Å²) in [6.45, 7) is 16.5. The number of carbonyl (C=O) groups is 4. The third-order valence-corrected chi connectivity index (χ3v) is 13.7. The van der Waals surface area contributed by atoms with E-state index in [1.807, 2.05) is 19.1 Å². The van der Waals surface area contributed by atoms with Gasteiger partial charge < -0.3 is 28.9 Å². The Balaban J connectivity index is 1.97. The first kappa shape index (κ1) is 38.9. The number of nitrogens with one attached hydrogen (secondary N) is 1. The lowest BCUT2D eigenvalue weighted by molar-refractivity contribution is -0.160. The van der Waals surface area contributed by atoms with Gasteiger partial charge in [0.1, 0.15) is 24.6 Å². The van der Waals surface area contributed by atoms with Crippen LogP contribution in [0, 0.1) is 11.8 Å². The average molecular weight is 690 g/mol. The molecule has 2 amide bonds. The van der Waals surface area contributed by atoms with Gasteiger partial charge in [0.15, 0.2) is 19.9 Å². The molecule has 1 aromatic heterocycles. The number of hydrogen-bond donors (Lipinski definition) is 2. The molecule has 0 aromatic carbocycles. The zero-order valence-corrected chi connectivity index (χ0v) is 30.5. The van der Waals surface area contributed by atoms with Crippen LogP contribution in [-0.4, -0.2) is 84.6 Å². The van der Waals surface area contributed by atoms with Crippen LogP contribution in [0.1, 0.15) is 83.6 Å². The highest BCUT2D eigenvalue weighted by atomic mass is 28.4. The van der Waals surface area contributed by atoms with E-state index in [-0.39, 0.29) is 54.9 Å². The second-order valence-corrected chi connectivity index (χ2v) is 19.3. The fourth-order valence-corrected chi connectivity index (χ4v) is 6.86. The van der Waals surface area contributed by atoms with Crippen molar-refractivity contribution in [1.82, 2.24) is 15.2 Å². The number of hydrogen-bond acceptors (Lipinski definition) is 8. The first-order chi connectivity index (χ1) is 22.4. The van der Waals surface area contributed by atoms with Gasteiger partial charge in [-0.2, -0.15) is 0 Å². The summed E-state index contributed by atoms with van der Waals surface area (Å²) in [5.74, 6) is -3.78. The van der Waals surface area contributed by atoms with Crippen molar-refractivity contribution in [2.45, 2.75) is 116 Å². The zero-order chi connectivity index (χ0) is 35.8. The molecule has 0 spiro atoms. The molecule has 2 aliphatic heterocycles. The van der Waals surface area contributed by atoms with E-state index in [0.717, 1.165) is 5.57 Å². The van der Waals surface area contributed by atoms with E-state index >= 15 is 4.39 Å². The van der Waals surface area contributed by atoms with Crippen LogP contribution in [0.2, 0.25) is 18.1 Å². The highest BCUT2D eigenvalue weighted by Crippen LogP contribution is 2.38. The number of amides is 2. The summed E-state index contributed by atoms with van der Waals surface area (Å²) in [7, 11) is -2.29. The fourth-order valence-electron chi connectivity index (χ4n) is 5.58. The molecule has 1 fully saturated rings. The molecule has 48 heavy (non-hydrogen) atoms. The van der Waals surface area contributed by atoms with Crippen LogP contribution in [-0.2, 0) is 30.0 Å². The molecule has 0 saturated carbocycles. The number of aliphatic carboxylic acids is 1. The quantitative estimate of drug-likeness (QED) is 0.290. The molecular formula is C35H52FN3O8Si. The van der Waals surface area contributed by atoms with Gasteiger partial charge in [-0.05, 0) is 49.9 Å². The summed E-state index contributed by atoms with van der Waals surface area (Å²) >= 11 is 0. The lowest BCUT2D eigenvalue weighted by Crippen LogP contribution is -2.44. The van der Waals surface area contributed by atoms with Crippen LogP contribution in [0.25, 0.3) is 0 Å². The largest absolute Gasteiger partial charge is 0.481 e. The van der Waals surface area contributed by atoms with Crippen LogP contribution >= 0.6 is 0 Å². The predicted octanol–water partition coefficient (Wildman–Crippen LogP) is 5.79. The lowest BCUT2D eigenvalue weighted by atomic mass is 9.89. The SMILES string of the molecule is CC1=CC(O[Si](C)(C)C(C)(C)C)C[C@@H](F)Cc2nc(co2)C(=O)N2CCC[C@@H]2C(=O)O[C@H](C(C)C)[C@H](CC(=O)O)/C=C/C(=O)NCC=C1. The highest BCUT2D eigenvalue weighted by Gasteiger charge is 2.41. The van der Waals surface area contributed by atoms with Crippen LogP contribution < -0.4 is 5.32 Å². The van der Waals surface area contributed by atoms with Gasteiger partial charge in [-0.25, -0.2) is 14.2 Å². The number of oxazole rings is 1. The molecule has 11 nitrogen and oxygen atoms in total. The molecule has 1 aromatic rings. The van der Waals surface area contributed by atoms with Gasteiger partial charge in [-0.15, -0.1) is 0 Å². The van der Waals surface area contributed by atoms with Crippen LogP contribution in [0.5, 0.6) is 0 Å². The number of fused-ring (bicyclic) bond motifs is 3. The Morgan fingerprint density at radius 2 is 1.94 bits per heavy atom. The Labute approximate surface area is 284 Å². The molecule has 3 heterocycles. The maximum atomic E-state index is 15.6. The van der Waals surface area contributed by atoms with Crippen molar-refractivity contribution >= 4 is 32.1 Å². The van der Waals surface area contributed by atoms with Crippen LogP contribution in [0.3, 0.4) is 0 Å². The standard InChI is InChI=1S/C35H52FN3O8Si/c1-22(2)32-24(18-31(41)42)13-14-29(40)37-15-9-11-23(3)17-26(47-48(7,8)35(4,5)6)19-25(36)20-30-38-27(21-45-30)33(43)39-16-10-12-28(39)34(44)46-32/h9,11,13-14,17,21-22,24-26,28,32H,10,12,15-16,18-20H2,1-8H3,(H,37,40)(H,41,42)/b11-9?,14-13+,23-17?/t24-,25+,26?,28+,32+/m0/s1. The van der Waals surface area contributed by atoms with E-state index in [2.05, 4.69) is 44.2 Å². The number of alkyl halides is 1. The minimum atomic E-state index is -2.29. The number of allylic oxidation sites excluding steroid dienone is 2. The molecule has 1 saturated heterocycles. The molecule has 0 radical (unpaired) electrons. The zero-order valence-electron chi connectivity index (χ0n) is 29.5. The lowest BCUT2D eigenvalue weighted by Gasteiger charge is -2.39. The van der Waals surface area contributed by atoms with Gasteiger partial charge in [0.2, 0.25) is 5.91 Å². The van der Waals surface area contributed by atoms with Crippen LogP contribution in [0.4, 0.5) is 4.39 Å². The number of aromatic nitrogens is 1. The summed E-state index contributed by atoms with van der Waals surface area (Å²) < 4.78 is 33.6. The Hall–Kier alpha value is -3.58. The first-order valence-corrected chi connectivity index (χ1v) is 19.6. The first-order valence-electron chi connectivity index (χ1n) is 16.7. The number of ether oxygens (including phenoxy) is 1. The molecule has 266 valence electrons. The molecule has 5 atom stereocenters. The Morgan fingerprint density at radius 1 is 1.23 bits per heavy atom. The van der Waals surface area contributed by atoms with Gasteiger partial charge in [0.25, 0.3) is 5.91 Å². The van der Waals surface area contributed by atoms with Gasteiger partial charge >= 0.3 is 11.9 Å². The highest BCUT2D eigenvalue weighted by molar-refractivity contribution is 6.74. The molecule has 1 unspecified atom stereocenters. The van der Waals surface area contributed by atoms with Crippen molar-refractivity contribution in [2.75, 3.05) is 13.1 Å². The number of esters is 1. The molecule has 3 rings (SSSR count). The fraction of sp³-hybridized carbons (Fsp3) is 0.629.